The summed E-state index contributed by atoms with van der Waals surface area (Å²) in [7, 11) is 1.65. The zero-order chi connectivity index (χ0) is 9.87. The van der Waals surface area contributed by atoms with E-state index in [1.165, 1.54) is 0 Å². The summed E-state index contributed by atoms with van der Waals surface area (Å²) >= 11 is 2.11. The number of Topliss-reactive ketones (excluding diaryl/α,β-unsaturated/α-hetero) is 1. The van der Waals surface area contributed by atoms with Gasteiger partial charge in [0.1, 0.15) is 5.76 Å². The van der Waals surface area contributed by atoms with E-state index < -0.39 is 0 Å². The monoisotopic (exact) mass is 306 g/mol. The summed E-state index contributed by atoms with van der Waals surface area (Å²) in [5.41, 5.74) is 0. The lowest BCUT2D eigenvalue weighted by Crippen LogP contribution is -2.29. The molecule has 0 aromatic heterocycles. The van der Waals surface area contributed by atoms with E-state index in [-0.39, 0.29) is 29.8 Å². The molecule has 0 spiro atoms. The van der Waals surface area contributed by atoms with Crippen LogP contribution >= 0.6 is 22.6 Å². The van der Waals surface area contributed by atoms with Gasteiger partial charge >= 0.3 is 0 Å². The Labute approximate surface area is 96.0 Å². The Bertz CT molecular complexity index is 336. The van der Waals surface area contributed by atoms with Crippen LogP contribution in [0, 0.1) is 11.8 Å². The second-order valence-corrected chi connectivity index (χ2v) is 5.17. The fourth-order valence-electron chi connectivity index (χ4n) is 2.98. The van der Waals surface area contributed by atoms with Gasteiger partial charge in [-0.25, -0.2) is 0 Å². The van der Waals surface area contributed by atoms with E-state index in [9.17, 15) is 4.79 Å². The van der Waals surface area contributed by atoms with Gasteiger partial charge in [0.05, 0.1) is 34.7 Å². The van der Waals surface area contributed by atoms with Gasteiger partial charge in [-0.05, 0) is 35.4 Å². The second kappa shape index (κ2) is 2.95. The van der Waals surface area contributed by atoms with E-state index in [0.717, 1.165) is 22.2 Å². The van der Waals surface area contributed by atoms with Crippen LogP contribution in [0.1, 0.15) is 12.8 Å². The third-order valence-electron chi connectivity index (χ3n) is 3.53. The minimum atomic E-state index is 0.0654. The Morgan fingerprint density at radius 1 is 1.36 bits per heavy atom. The molecule has 0 N–H and O–H groups in total. The highest BCUT2D eigenvalue weighted by atomic mass is 127. The number of hydrogen-bond acceptors (Lipinski definition) is 3. The third kappa shape index (κ3) is 0.934. The molecule has 3 aliphatic rings. The van der Waals surface area contributed by atoms with Crippen LogP contribution in [0.3, 0.4) is 0 Å². The minimum Gasteiger partial charge on any atom is -0.499 e. The fourth-order valence-corrected chi connectivity index (χ4v) is 3.92. The van der Waals surface area contributed by atoms with Crippen molar-refractivity contribution in [3.63, 3.8) is 0 Å². The summed E-state index contributed by atoms with van der Waals surface area (Å²) in [6, 6.07) is 0. The van der Waals surface area contributed by atoms with Crippen molar-refractivity contribution in [1.82, 2.24) is 0 Å². The maximum atomic E-state index is 11.9. The maximum Gasteiger partial charge on any atom is 0.178 e. The summed E-state index contributed by atoms with van der Waals surface area (Å²) in [6.45, 7) is 0. The quantitative estimate of drug-likeness (QED) is 0.691. The first-order valence-electron chi connectivity index (χ1n) is 4.87. The van der Waals surface area contributed by atoms with E-state index in [2.05, 4.69) is 22.6 Å². The first-order chi connectivity index (χ1) is 6.74. The molecular weight excluding hydrogens is 295 g/mol. The molecule has 0 saturated carbocycles. The highest BCUT2D eigenvalue weighted by Crippen LogP contribution is 2.53. The van der Waals surface area contributed by atoms with Crippen LogP contribution in [0.25, 0.3) is 0 Å². The van der Waals surface area contributed by atoms with Gasteiger partial charge in [0.15, 0.2) is 5.78 Å². The summed E-state index contributed by atoms with van der Waals surface area (Å²) in [6.07, 6.45) is 2.51. The predicted octanol–water partition coefficient (Wildman–Crippen LogP) is 1.66. The fraction of sp³-hybridized carbons (Fsp3) is 0.700. The smallest absolute Gasteiger partial charge is 0.178 e. The molecule has 0 amide bonds. The normalized spacial score (nSPS) is 44.9. The Morgan fingerprint density at radius 2 is 2.00 bits per heavy atom. The van der Waals surface area contributed by atoms with E-state index in [1.54, 1.807) is 7.11 Å². The van der Waals surface area contributed by atoms with E-state index in [4.69, 9.17) is 9.47 Å². The Kier molecular flexibility index (Phi) is 1.93. The molecule has 2 fully saturated rings. The van der Waals surface area contributed by atoms with Crippen LogP contribution in [-0.2, 0) is 14.3 Å². The molecule has 14 heavy (non-hydrogen) atoms. The van der Waals surface area contributed by atoms with Crippen LogP contribution in [0.2, 0.25) is 0 Å². The second-order valence-electron chi connectivity index (χ2n) is 4.09. The number of allylic oxidation sites excluding steroid dienone is 1. The number of carbonyl (C=O) groups excluding carboxylic acids is 1. The number of ether oxygens (including phenoxy) is 2. The van der Waals surface area contributed by atoms with Gasteiger partial charge in [0, 0.05) is 0 Å². The summed E-state index contributed by atoms with van der Waals surface area (Å²) < 4.78 is 11.9. The van der Waals surface area contributed by atoms with Crippen molar-refractivity contribution in [2.45, 2.75) is 25.0 Å². The third-order valence-corrected chi connectivity index (χ3v) is 4.59. The lowest BCUT2D eigenvalue weighted by Gasteiger charge is -2.21. The molecule has 4 heteroatoms. The van der Waals surface area contributed by atoms with Crippen molar-refractivity contribution < 1.29 is 14.3 Å². The standard InChI is InChI=1S/C10H11IO3/c1-13-10-7-5-3-2-4(14-5)6(7)9(12)8(10)11/h4-7H,2-3H2,1H3/t4-,5+,6-,7+/m1/s1. The Hall–Kier alpha value is -0.100. The molecule has 0 aromatic rings. The van der Waals surface area contributed by atoms with Crippen molar-refractivity contribution in [3.05, 3.63) is 9.34 Å². The average molecular weight is 306 g/mol. The van der Waals surface area contributed by atoms with Crippen molar-refractivity contribution in [3.8, 4) is 0 Å². The maximum absolute atomic E-state index is 11.9. The number of carbonyl (C=O) groups is 1. The van der Waals surface area contributed by atoms with Crippen molar-refractivity contribution >= 4 is 28.4 Å². The van der Waals surface area contributed by atoms with Crippen molar-refractivity contribution in [1.29, 1.82) is 0 Å². The summed E-state index contributed by atoms with van der Waals surface area (Å²) in [5.74, 6) is 1.39. The highest BCUT2D eigenvalue weighted by molar-refractivity contribution is 14.1. The molecule has 3 nitrogen and oxygen atoms in total. The van der Waals surface area contributed by atoms with Gasteiger partial charge in [-0.15, -0.1) is 0 Å². The average Bonchev–Trinajstić information content (AvgIpc) is 2.82. The van der Waals surface area contributed by atoms with Crippen molar-refractivity contribution in [2.24, 2.45) is 11.8 Å². The number of rotatable bonds is 1. The van der Waals surface area contributed by atoms with E-state index in [0.29, 0.717) is 0 Å². The predicted molar refractivity (Wildman–Crippen MR) is 57.9 cm³/mol. The zero-order valence-electron chi connectivity index (χ0n) is 7.83. The molecule has 4 atom stereocenters. The molecule has 2 aliphatic heterocycles. The van der Waals surface area contributed by atoms with Gasteiger partial charge in [0.2, 0.25) is 0 Å². The Morgan fingerprint density at radius 3 is 2.64 bits per heavy atom. The lowest BCUT2D eigenvalue weighted by molar-refractivity contribution is -0.119. The van der Waals surface area contributed by atoms with Gasteiger partial charge in [-0.2, -0.15) is 0 Å². The highest BCUT2D eigenvalue weighted by Gasteiger charge is 2.58. The summed E-state index contributed by atoms with van der Waals surface area (Å²) in [5, 5.41) is 0. The molecule has 2 bridgehead atoms. The number of methoxy groups -OCH3 is 1. The molecule has 2 saturated heterocycles. The zero-order valence-corrected chi connectivity index (χ0v) is 9.98. The topological polar surface area (TPSA) is 35.5 Å². The van der Waals surface area contributed by atoms with Gasteiger partial charge in [0.25, 0.3) is 0 Å². The van der Waals surface area contributed by atoms with Gasteiger partial charge < -0.3 is 9.47 Å². The van der Waals surface area contributed by atoms with E-state index >= 15 is 0 Å². The van der Waals surface area contributed by atoms with Crippen LogP contribution in [0.15, 0.2) is 9.34 Å². The van der Waals surface area contributed by atoms with Crippen molar-refractivity contribution in [2.75, 3.05) is 7.11 Å². The Balaban J connectivity index is 2.04. The molecule has 76 valence electrons. The lowest BCUT2D eigenvalue weighted by atomic mass is 9.80. The van der Waals surface area contributed by atoms with Gasteiger partial charge in [-0.1, -0.05) is 0 Å². The van der Waals surface area contributed by atoms with Crippen LogP contribution < -0.4 is 0 Å². The molecule has 0 aromatic carbocycles. The number of fused-ring (bicyclic) bond motifs is 5. The van der Waals surface area contributed by atoms with Crippen LogP contribution in [-0.4, -0.2) is 25.1 Å². The number of ketones is 1. The minimum absolute atomic E-state index is 0.0654. The molecular formula is C10H11IO3. The van der Waals surface area contributed by atoms with Crippen LogP contribution in [0.5, 0.6) is 0 Å². The van der Waals surface area contributed by atoms with E-state index in [1.807, 2.05) is 0 Å². The van der Waals surface area contributed by atoms with Crippen LogP contribution in [0.4, 0.5) is 0 Å². The molecule has 2 heterocycles. The number of halogens is 1. The first kappa shape index (κ1) is 9.15. The largest absolute Gasteiger partial charge is 0.499 e. The molecule has 0 unspecified atom stereocenters. The molecule has 1 aliphatic carbocycles. The molecule has 0 radical (unpaired) electrons. The first-order valence-corrected chi connectivity index (χ1v) is 5.95. The van der Waals surface area contributed by atoms with Gasteiger partial charge in [-0.3, -0.25) is 4.79 Å². The SMILES string of the molecule is COC1=C(I)C(=O)[C@H]2[C@@H]1[C@@H]1CC[C@H]2O1. The molecule has 3 rings (SSSR count). The number of hydrogen-bond donors (Lipinski definition) is 0. The summed E-state index contributed by atoms with van der Waals surface area (Å²) in [4.78, 5) is 11.9.